The van der Waals surface area contributed by atoms with Crippen molar-refractivity contribution in [2.75, 3.05) is 42.3 Å². The summed E-state index contributed by atoms with van der Waals surface area (Å²) >= 11 is 1.00. The maximum absolute atomic E-state index is 14.1. The summed E-state index contributed by atoms with van der Waals surface area (Å²) in [6, 6.07) is 5.91. The van der Waals surface area contributed by atoms with Gasteiger partial charge in [-0.1, -0.05) is 0 Å². The third-order valence-corrected chi connectivity index (χ3v) is 6.44. The monoisotopic (exact) mass is 568 g/mol. The molecule has 5 rings (SSSR count). The standard InChI is InChI=1S/C23H20F4N6O5S/c24-22(25)15-10-14(1-2-16(15)37-23(26,27)38-22)31-20(34)18-19(30-12-39-18)29-11-13-3-4-28-17(9-13)32-21(35)33-5-7-36-8-6-33/h1-4,9-10,12,29H,5-8,11H2,(H,31,34)(H,28,32,35). The van der Waals surface area contributed by atoms with Gasteiger partial charge in [-0.05, 0) is 35.9 Å². The number of alkyl halides is 4. The zero-order valence-electron chi connectivity index (χ0n) is 19.9. The van der Waals surface area contributed by atoms with Crippen LogP contribution in [0.25, 0.3) is 0 Å². The van der Waals surface area contributed by atoms with E-state index < -0.39 is 29.6 Å². The van der Waals surface area contributed by atoms with Crippen LogP contribution in [0.1, 0.15) is 20.8 Å². The largest absolute Gasteiger partial charge is 0.540 e. The lowest BCUT2D eigenvalue weighted by Crippen LogP contribution is -2.43. The molecule has 0 atom stereocenters. The number of rotatable bonds is 6. The number of carbonyl (C=O) groups excluding carboxylic acids is 2. The van der Waals surface area contributed by atoms with Crippen molar-refractivity contribution < 1.29 is 41.4 Å². The number of hydrogen-bond donors (Lipinski definition) is 3. The van der Waals surface area contributed by atoms with E-state index in [0.717, 1.165) is 35.1 Å². The number of pyridine rings is 1. The smallest absolute Gasteiger partial charge is 0.409 e. The molecular formula is C23H20F4N6O5S. The van der Waals surface area contributed by atoms with E-state index >= 15 is 0 Å². The van der Waals surface area contributed by atoms with Crippen LogP contribution in [0.3, 0.4) is 0 Å². The normalized spacial score (nSPS) is 17.5. The second kappa shape index (κ2) is 10.6. The van der Waals surface area contributed by atoms with Crippen molar-refractivity contribution >= 4 is 40.6 Å². The Bertz CT molecular complexity index is 1380. The number of nitrogens with zero attached hydrogens (tertiary/aromatic N) is 3. The van der Waals surface area contributed by atoms with E-state index in [0.29, 0.717) is 32.1 Å². The molecule has 39 heavy (non-hydrogen) atoms. The number of hydrogen-bond acceptors (Lipinski definition) is 9. The van der Waals surface area contributed by atoms with E-state index in [1.807, 2.05) is 0 Å². The highest BCUT2D eigenvalue weighted by Crippen LogP contribution is 2.47. The van der Waals surface area contributed by atoms with E-state index in [1.165, 1.54) is 11.7 Å². The van der Waals surface area contributed by atoms with Crippen molar-refractivity contribution in [3.05, 3.63) is 58.0 Å². The van der Waals surface area contributed by atoms with Crippen molar-refractivity contribution in [2.45, 2.75) is 18.9 Å². The zero-order chi connectivity index (χ0) is 27.6. The molecule has 0 unspecified atom stereocenters. The number of carbonyl (C=O) groups is 2. The molecular weight excluding hydrogens is 548 g/mol. The molecule has 2 aliphatic rings. The number of urea groups is 1. The summed E-state index contributed by atoms with van der Waals surface area (Å²) in [6.45, 7) is 2.12. The number of nitrogens with one attached hydrogen (secondary N) is 3. The molecule has 3 amide bonds. The third kappa shape index (κ3) is 6.18. The lowest BCUT2D eigenvalue weighted by molar-refractivity contribution is -0.461. The van der Waals surface area contributed by atoms with Crippen molar-refractivity contribution in [3.63, 3.8) is 0 Å². The van der Waals surface area contributed by atoms with Crippen molar-refractivity contribution in [1.29, 1.82) is 0 Å². The number of fused-ring (bicyclic) bond motifs is 1. The average molecular weight is 569 g/mol. The van der Waals surface area contributed by atoms with Crippen LogP contribution >= 0.6 is 11.3 Å². The first-order chi connectivity index (χ1) is 18.6. The first kappa shape index (κ1) is 26.6. The number of thiazole rings is 1. The van der Waals surface area contributed by atoms with Gasteiger partial charge in [0.15, 0.2) is 0 Å². The highest BCUT2D eigenvalue weighted by atomic mass is 32.1. The van der Waals surface area contributed by atoms with Crippen LogP contribution in [0.2, 0.25) is 0 Å². The molecule has 16 heteroatoms. The van der Waals surface area contributed by atoms with Crippen LogP contribution < -0.4 is 20.7 Å². The predicted octanol–water partition coefficient (Wildman–Crippen LogP) is 4.28. The maximum atomic E-state index is 14.1. The van der Waals surface area contributed by atoms with Crippen molar-refractivity contribution in [1.82, 2.24) is 14.9 Å². The fourth-order valence-corrected chi connectivity index (χ4v) is 4.45. The first-order valence-corrected chi connectivity index (χ1v) is 12.3. The fourth-order valence-electron chi connectivity index (χ4n) is 3.79. The summed E-state index contributed by atoms with van der Waals surface area (Å²) in [7, 11) is 0. The Labute approximate surface area is 222 Å². The van der Waals surface area contributed by atoms with Gasteiger partial charge in [0.05, 0.1) is 24.3 Å². The summed E-state index contributed by atoms with van der Waals surface area (Å²) in [6.07, 6.45) is -7.30. The molecule has 0 radical (unpaired) electrons. The molecule has 2 aliphatic heterocycles. The van der Waals surface area contributed by atoms with Gasteiger partial charge in [0.2, 0.25) is 0 Å². The number of amides is 3. The molecule has 206 valence electrons. The highest BCUT2D eigenvalue weighted by molar-refractivity contribution is 7.12. The minimum atomic E-state index is -4.49. The third-order valence-electron chi connectivity index (χ3n) is 5.62. The van der Waals surface area contributed by atoms with E-state index in [2.05, 4.69) is 35.4 Å². The molecule has 0 spiro atoms. The second-order valence-electron chi connectivity index (χ2n) is 8.31. The van der Waals surface area contributed by atoms with E-state index in [1.54, 1.807) is 17.0 Å². The summed E-state index contributed by atoms with van der Waals surface area (Å²) in [4.78, 5) is 35.3. The van der Waals surface area contributed by atoms with Gasteiger partial charge < -0.3 is 25.0 Å². The van der Waals surface area contributed by atoms with Crippen molar-refractivity contribution in [3.8, 4) is 5.75 Å². The van der Waals surface area contributed by atoms with Gasteiger partial charge in [0.1, 0.15) is 22.3 Å². The van der Waals surface area contributed by atoms with Crippen LogP contribution in [0, 0.1) is 0 Å². The van der Waals surface area contributed by atoms with Gasteiger partial charge in [0.25, 0.3) is 5.91 Å². The molecule has 1 saturated heterocycles. The molecule has 3 aromatic rings. The number of morpholine rings is 1. The SMILES string of the molecule is O=C(Nc1ccc2c(c1)C(F)(F)OC(F)(F)O2)c1scnc1NCc1ccnc(NC(=O)N2CCOCC2)c1. The van der Waals surface area contributed by atoms with Crippen molar-refractivity contribution in [2.24, 2.45) is 0 Å². The predicted molar refractivity (Wildman–Crippen MR) is 130 cm³/mol. The first-order valence-electron chi connectivity index (χ1n) is 11.5. The lowest BCUT2D eigenvalue weighted by Gasteiger charge is -2.30. The molecule has 2 aromatic heterocycles. The summed E-state index contributed by atoms with van der Waals surface area (Å²) in [5, 5.41) is 8.20. The Balaban J connectivity index is 1.22. The second-order valence-corrected chi connectivity index (χ2v) is 9.17. The lowest BCUT2D eigenvalue weighted by atomic mass is 10.1. The number of aromatic nitrogens is 2. The average Bonchev–Trinajstić information content (AvgIpc) is 3.37. The summed E-state index contributed by atoms with van der Waals surface area (Å²) < 4.78 is 67.4. The Morgan fingerprint density at radius 1 is 1.05 bits per heavy atom. The van der Waals surface area contributed by atoms with Gasteiger partial charge in [-0.2, -0.15) is 8.78 Å². The van der Waals surface area contributed by atoms with Crippen LogP contribution in [0.5, 0.6) is 5.75 Å². The van der Waals surface area contributed by atoms with Gasteiger partial charge >= 0.3 is 18.4 Å². The van der Waals surface area contributed by atoms with Gasteiger partial charge in [0, 0.05) is 31.5 Å². The van der Waals surface area contributed by atoms with E-state index in [9.17, 15) is 27.2 Å². The Hall–Kier alpha value is -4.02. The fraction of sp³-hybridized carbons (Fsp3) is 0.304. The summed E-state index contributed by atoms with van der Waals surface area (Å²) in [5.41, 5.74) is 1.10. The molecule has 11 nitrogen and oxygen atoms in total. The Kier molecular flexibility index (Phi) is 7.24. The minimum absolute atomic E-state index is 0.0926. The molecule has 1 fully saturated rings. The minimum Gasteiger partial charge on any atom is -0.409 e. The summed E-state index contributed by atoms with van der Waals surface area (Å²) in [5.74, 6) is -0.869. The van der Waals surface area contributed by atoms with Crippen LogP contribution in [-0.2, 0) is 22.1 Å². The quantitative estimate of drug-likeness (QED) is 0.377. The number of benzene rings is 1. The Morgan fingerprint density at radius 3 is 2.64 bits per heavy atom. The zero-order valence-corrected chi connectivity index (χ0v) is 20.7. The van der Waals surface area contributed by atoms with Crippen LogP contribution in [0.15, 0.2) is 42.0 Å². The van der Waals surface area contributed by atoms with Gasteiger partial charge in [-0.15, -0.1) is 20.1 Å². The maximum Gasteiger partial charge on any atom is 0.540 e. The van der Waals surface area contributed by atoms with Gasteiger partial charge in [-0.3, -0.25) is 10.1 Å². The number of anilines is 3. The molecule has 0 aliphatic carbocycles. The van der Waals surface area contributed by atoms with Gasteiger partial charge in [-0.25, -0.2) is 19.5 Å². The van der Waals surface area contributed by atoms with Crippen LogP contribution in [0.4, 0.5) is 39.7 Å². The van der Waals surface area contributed by atoms with Crippen LogP contribution in [-0.4, -0.2) is 59.4 Å². The number of ether oxygens (including phenoxy) is 3. The molecule has 4 heterocycles. The Morgan fingerprint density at radius 2 is 1.85 bits per heavy atom. The molecule has 0 saturated carbocycles. The highest BCUT2D eigenvalue weighted by Gasteiger charge is 2.54. The number of halogens is 4. The van der Waals surface area contributed by atoms with E-state index in [-0.39, 0.29) is 29.0 Å². The molecule has 0 bridgehead atoms. The molecule has 1 aromatic carbocycles. The topological polar surface area (TPSA) is 127 Å². The van der Waals surface area contributed by atoms with E-state index in [4.69, 9.17) is 4.74 Å². The molecule has 3 N–H and O–H groups in total.